The molecule has 0 aliphatic rings. The number of rotatable bonds is 7. The van der Waals surface area contributed by atoms with Gasteiger partial charge in [0.1, 0.15) is 5.82 Å². The largest absolute Gasteiger partial charge is 0.396 e. The van der Waals surface area contributed by atoms with Gasteiger partial charge in [0.05, 0.1) is 5.69 Å². The van der Waals surface area contributed by atoms with Gasteiger partial charge < -0.3 is 16.0 Å². The zero-order valence-corrected chi connectivity index (χ0v) is 11.6. The Labute approximate surface area is 113 Å². The van der Waals surface area contributed by atoms with Crippen molar-refractivity contribution >= 4 is 17.3 Å². The minimum Gasteiger partial charge on any atom is -0.396 e. The monoisotopic (exact) mass is 267 g/mol. The SMILES string of the molecule is CCN(CC)CCCC(=O)Nc1ccc(F)c(N)c1. The van der Waals surface area contributed by atoms with Crippen LogP contribution in [0, 0.1) is 5.82 Å². The van der Waals surface area contributed by atoms with E-state index in [1.807, 2.05) is 0 Å². The second-order valence-corrected chi connectivity index (χ2v) is 4.41. The number of benzene rings is 1. The van der Waals surface area contributed by atoms with Crippen LogP contribution in [0.2, 0.25) is 0 Å². The van der Waals surface area contributed by atoms with Crippen molar-refractivity contribution in [2.24, 2.45) is 0 Å². The Morgan fingerprint density at radius 1 is 1.37 bits per heavy atom. The van der Waals surface area contributed by atoms with Crippen molar-refractivity contribution in [3.8, 4) is 0 Å². The molecule has 1 rings (SSSR count). The lowest BCUT2D eigenvalue weighted by atomic mass is 10.2. The normalized spacial score (nSPS) is 10.7. The van der Waals surface area contributed by atoms with Gasteiger partial charge in [-0.25, -0.2) is 4.39 Å². The van der Waals surface area contributed by atoms with Gasteiger partial charge in [-0.05, 0) is 44.3 Å². The number of nitrogen functional groups attached to an aromatic ring is 1. The molecule has 106 valence electrons. The summed E-state index contributed by atoms with van der Waals surface area (Å²) in [7, 11) is 0. The molecule has 3 N–H and O–H groups in total. The van der Waals surface area contributed by atoms with Crippen molar-refractivity contribution in [3.05, 3.63) is 24.0 Å². The van der Waals surface area contributed by atoms with E-state index in [4.69, 9.17) is 5.73 Å². The van der Waals surface area contributed by atoms with Gasteiger partial charge in [0, 0.05) is 12.1 Å². The average Bonchev–Trinajstić information content (AvgIpc) is 2.39. The Balaban J connectivity index is 2.36. The van der Waals surface area contributed by atoms with Crippen LogP contribution in [0.15, 0.2) is 18.2 Å². The van der Waals surface area contributed by atoms with Crippen LogP contribution in [0.25, 0.3) is 0 Å². The van der Waals surface area contributed by atoms with Gasteiger partial charge in [-0.2, -0.15) is 0 Å². The topological polar surface area (TPSA) is 58.4 Å². The number of anilines is 2. The summed E-state index contributed by atoms with van der Waals surface area (Å²) >= 11 is 0. The third-order valence-corrected chi connectivity index (χ3v) is 3.05. The summed E-state index contributed by atoms with van der Waals surface area (Å²) < 4.78 is 13.0. The maximum absolute atomic E-state index is 13.0. The molecule has 0 spiro atoms. The maximum Gasteiger partial charge on any atom is 0.224 e. The molecule has 0 unspecified atom stereocenters. The average molecular weight is 267 g/mol. The Hall–Kier alpha value is -1.62. The molecule has 1 aromatic rings. The highest BCUT2D eigenvalue weighted by molar-refractivity contribution is 5.91. The smallest absolute Gasteiger partial charge is 0.224 e. The van der Waals surface area contributed by atoms with Gasteiger partial charge in [-0.15, -0.1) is 0 Å². The van der Waals surface area contributed by atoms with E-state index in [1.54, 1.807) is 0 Å². The lowest BCUT2D eigenvalue weighted by Crippen LogP contribution is -2.25. The second-order valence-electron chi connectivity index (χ2n) is 4.41. The number of halogens is 1. The minimum atomic E-state index is -0.473. The molecule has 1 amide bonds. The standard InChI is InChI=1S/C14H22FN3O/c1-3-18(4-2)9-5-6-14(19)17-11-7-8-12(15)13(16)10-11/h7-8,10H,3-6,9,16H2,1-2H3,(H,17,19). The number of nitrogens with two attached hydrogens (primary N) is 1. The zero-order chi connectivity index (χ0) is 14.3. The van der Waals surface area contributed by atoms with E-state index in [2.05, 4.69) is 24.1 Å². The second kappa shape index (κ2) is 7.74. The van der Waals surface area contributed by atoms with E-state index in [0.717, 1.165) is 26.1 Å². The molecule has 4 nitrogen and oxygen atoms in total. The first-order valence-electron chi connectivity index (χ1n) is 6.64. The van der Waals surface area contributed by atoms with Gasteiger partial charge in [0.25, 0.3) is 0 Å². The molecule has 0 saturated carbocycles. The first-order valence-corrected chi connectivity index (χ1v) is 6.64. The molecule has 0 aromatic heterocycles. The molecule has 0 atom stereocenters. The number of nitrogens with zero attached hydrogens (tertiary/aromatic N) is 1. The van der Waals surface area contributed by atoms with Crippen molar-refractivity contribution in [2.75, 3.05) is 30.7 Å². The lowest BCUT2D eigenvalue weighted by Gasteiger charge is -2.17. The molecule has 5 heteroatoms. The molecule has 0 fully saturated rings. The predicted molar refractivity (Wildman–Crippen MR) is 76.5 cm³/mol. The highest BCUT2D eigenvalue weighted by atomic mass is 19.1. The number of hydrogen-bond donors (Lipinski definition) is 2. The van der Waals surface area contributed by atoms with Gasteiger partial charge in [-0.3, -0.25) is 4.79 Å². The molecular weight excluding hydrogens is 245 g/mol. The quantitative estimate of drug-likeness (QED) is 0.746. The third kappa shape index (κ3) is 5.26. The summed E-state index contributed by atoms with van der Waals surface area (Å²) in [4.78, 5) is 14.0. The Kier molecular flexibility index (Phi) is 6.29. The molecular formula is C14H22FN3O. The summed E-state index contributed by atoms with van der Waals surface area (Å²) in [5.74, 6) is -0.544. The van der Waals surface area contributed by atoms with E-state index >= 15 is 0 Å². The van der Waals surface area contributed by atoms with Gasteiger partial charge in [0.15, 0.2) is 0 Å². The van der Waals surface area contributed by atoms with Crippen LogP contribution < -0.4 is 11.1 Å². The minimum absolute atomic E-state index is 0.0425. The van der Waals surface area contributed by atoms with E-state index in [9.17, 15) is 9.18 Å². The van der Waals surface area contributed by atoms with Crippen molar-refractivity contribution < 1.29 is 9.18 Å². The fourth-order valence-electron chi connectivity index (χ4n) is 1.85. The van der Waals surface area contributed by atoms with Crippen molar-refractivity contribution in [2.45, 2.75) is 26.7 Å². The summed E-state index contributed by atoms with van der Waals surface area (Å²) in [6.07, 6.45) is 1.26. The fraction of sp³-hybridized carbons (Fsp3) is 0.500. The number of amides is 1. The van der Waals surface area contributed by atoms with Gasteiger partial charge in [0.2, 0.25) is 5.91 Å². The number of nitrogens with one attached hydrogen (secondary N) is 1. The van der Waals surface area contributed by atoms with Crippen LogP contribution in [0.1, 0.15) is 26.7 Å². The third-order valence-electron chi connectivity index (χ3n) is 3.05. The van der Waals surface area contributed by atoms with Crippen molar-refractivity contribution in [1.29, 1.82) is 0 Å². The predicted octanol–water partition coefficient (Wildman–Crippen LogP) is 2.47. The maximum atomic E-state index is 13.0. The first-order chi connectivity index (χ1) is 9.06. The number of carbonyl (C=O) groups excluding carboxylic acids is 1. The van der Waals surface area contributed by atoms with Crippen molar-refractivity contribution in [3.63, 3.8) is 0 Å². The summed E-state index contributed by atoms with van der Waals surface area (Å²) in [5, 5.41) is 2.72. The van der Waals surface area contributed by atoms with Crippen LogP contribution in [-0.4, -0.2) is 30.4 Å². The van der Waals surface area contributed by atoms with Gasteiger partial charge in [-0.1, -0.05) is 13.8 Å². The Morgan fingerprint density at radius 2 is 2.05 bits per heavy atom. The van der Waals surface area contributed by atoms with E-state index in [-0.39, 0.29) is 11.6 Å². The number of hydrogen-bond acceptors (Lipinski definition) is 3. The van der Waals surface area contributed by atoms with Crippen LogP contribution in [0.4, 0.5) is 15.8 Å². The van der Waals surface area contributed by atoms with Crippen LogP contribution in [0.5, 0.6) is 0 Å². The molecule has 0 aliphatic carbocycles. The lowest BCUT2D eigenvalue weighted by molar-refractivity contribution is -0.116. The molecule has 0 aliphatic heterocycles. The first kappa shape index (κ1) is 15.4. The van der Waals surface area contributed by atoms with E-state index in [0.29, 0.717) is 12.1 Å². The van der Waals surface area contributed by atoms with Crippen LogP contribution >= 0.6 is 0 Å². The van der Waals surface area contributed by atoms with E-state index in [1.165, 1.54) is 18.2 Å². The van der Waals surface area contributed by atoms with Crippen molar-refractivity contribution in [1.82, 2.24) is 4.90 Å². The molecule has 0 bridgehead atoms. The highest BCUT2D eigenvalue weighted by Gasteiger charge is 2.06. The number of carbonyl (C=O) groups is 1. The molecule has 0 saturated heterocycles. The summed E-state index contributed by atoms with van der Waals surface area (Å²) in [6, 6.07) is 4.19. The molecule has 0 radical (unpaired) electrons. The molecule has 19 heavy (non-hydrogen) atoms. The summed E-state index contributed by atoms with van der Waals surface area (Å²) in [5.41, 5.74) is 6.02. The summed E-state index contributed by atoms with van der Waals surface area (Å²) in [6.45, 7) is 7.10. The van der Waals surface area contributed by atoms with Crippen LogP contribution in [-0.2, 0) is 4.79 Å². The van der Waals surface area contributed by atoms with E-state index < -0.39 is 5.82 Å². The molecule has 0 heterocycles. The Bertz CT molecular complexity index is 419. The van der Waals surface area contributed by atoms with Gasteiger partial charge >= 0.3 is 0 Å². The Morgan fingerprint density at radius 3 is 2.63 bits per heavy atom. The fourth-order valence-corrected chi connectivity index (χ4v) is 1.85. The highest BCUT2D eigenvalue weighted by Crippen LogP contribution is 2.16. The molecule has 1 aromatic carbocycles. The zero-order valence-electron chi connectivity index (χ0n) is 11.6. The van der Waals surface area contributed by atoms with Crippen LogP contribution in [0.3, 0.4) is 0 Å².